The fourth-order valence-corrected chi connectivity index (χ4v) is 13.8. The van der Waals surface area contributed by atoms with Crippen LogP contribution in [0.25, 0.3) is 0 Å². The molecule has 5 aromatic rings. The second-order valence-electron chi connectivity index (χ2n) is 16.4. The largest absolute Gasteiger partial charge is 0.497 e. The maximum Gasteiger partial charge on any atom is 0.476 e. The minimum Gasteiger partial charge on any atom is -0.497 e. The van der Waals surface area contributed by atoms with E-state index in [2.05, 4.69) is 68.5 Å². The van der Waals surface area contributed by atoms with Crippen LogP contribution in [0.3, 0.4) is 0 Å². The summed E-state index contributed by atoms with van der Waals surface area (Å²) in [6, 6.07) is 33.1. The number of benzene rings is 4. The molecule has 0 bridgehead atoms. The van der Waals surface area contributed by atoms with Gasteiger partial charge in [0.25, 0.3) is 8.32 Å². The number of hydrogen-bond donors (Lipinski definition) is 1. The van der Waals surface area contributed by atoms with Gasteiger partial charge in [-0.3, -0.25) is 28.2 Å². The summed E-state index contributed by atoms with van der Waals surface area (Å²) < 4.78 is 65.4. The molecular formula is C49H56N3O12PSi. The molecule has 1 aliphatic rings. The lowest BCUT2D eigenvalue weighted by molar-refractivity contribution is -0.0454. The van der Waals surface area contributed by atoms with E-state index in [9.17, 15) is 14.4 Å². The van der Waals surface area contributed by atoms with Crippen LogP contribution in [0.2, 0.25) is 5.04 Å². The van der Waals surface area contributed by atoms with Crippen LogP contribution < -0.4 is 30.9 Å². The van der Waals surface area contributed by atoms with E-state index in [0.717, 1.165) is 10.4 Å². The van der Waals surface area contributed by atoms with Gasteiger partial charge < -0.3 is 23.4 Å². The van der Waals surface area contributed by atoms with Crippen LogP contribution in [-0.4, -0.2) is 76.0 Å². The Bertz CT molecular complexity index is 2510. The molecule has 1 saturated heterocycles. The number of amides is 1. The fourth-order valence-electron chi connectivity index (χ4n) is 7.79. The molecule has 1 amide bonds. The minimum atomic E-state index is -4.82. The van der Waals surface area contributed by atoms with E-state index in [1.807, 2.05) is 36.4 Å². The summed E-state index contributed by atoms with van der Waals surface area (Å²) in [4.78, 5) is 44.7. The van der Waals surface area contributed by atoms with Gasteiger partial charge in [-0.1, -0.05) is 130 Å². The minimum absolute atomic E-state index is 0.0123. The normalized spacial score (nSPS) is 17.5. The number of phosphoric acid groups is 1. The highest BCUT2D eigenvalue weighted by molar-refractivity contribution is 7.48. The molecule has 17 heteroatoms. The molecule has 4 aromatic carbocycles. The SMILES string of the molecule is C=CCOC(=O)Nc1nc(=O)n([C@H]2C[C@H](OP(=O)(OCC=C)OC(C(=O)c3ccccc3)c3cc(OC)cc(OC)c3)[C@@H](CO[Si](c3ccccc3)(c3ccccc3)C(C)(C)C)O2)cc1C. The van der Waals surface area contributed by atoms with Gasteiger partial charge in [0.05, 0.1) is 27.4 Å². The predicted octanol–water partition coefficient (Wildman–Crippen LogP) is 8.50. The zero-order chi connectivity index (χ0) is 47.5. The summed E-state index contributed by atoms with van der Waals surface area (Å²) in [5.41, 5.74) is 0.153. The van der Waals surface area contributed by atoms with Gasteiger partial charge in [-0.15, -0.1) is 6.58 Å². The number of anilines is 1. The molecule has 5 atom stereocenters. The number of methoxy groups -OCH3 is 2. The van der Waals surface area contributed by atoms with Gasteiger partial charge in [0.1, 0.15) is 42.4 Å². The molecule has 1 fully saturated rings. The van der Waals surface area contributed by atoms with Crippen LogP contribution in [0.4, 0.5) is 10.6 Å². The summed E-state index contributed by atoms with van der Waals surface area (Å²) in [7, 11) is -5.10. The Hall–Kier alpha value is -5.97. The molecule has 2 unspecified atom stereocenters. The maximum atomic E-state index is 15.3. The quantitative estimate of drug-likeness (QED) is 0.0322. The van der Waals surface area contributed by atoms with Crippen molar-refractivity contribution in [2.75, 3.05) is 39.4 Å². The standard InChI is InChI=1S/C49H56N3O12PSi/c1-9-26-59-48(55)51-46-34(3)32-52(47(54)50-46)43-31-41(42(62-43)33-61-66(49(4,5)6,39-22-16-12-17-23-39)40-24-18-13-19-25-40)63-65(56,60-27-10-2)64-45(44(53)35-20-14-11-15-21-35)36-28-37(57-7)30-38(29-36)58-8/h9-25,28-30,32,41-43,45H,1-2,26-27,31,33H2,3-8H3,(H,50,51,54,55)/t41-,42+,43+,45?,65?/m0/s1. The van der Waals surface area contributed by atoms with Crippen molar-refractivity contribution in [3.63, 3.8) is 0 Å². The lowest BCUT2D eigenvalue weighted by Gasteiger charge is -2.43. The molecule has 0 radical (unpaired) electrons. The van der Waals surface area contributed by atoms with Gasteiger partial charge in [0, 0.05) is 29.8 Å². The second-order valence-corrected chi connectivity index (χ2v) is 22.2. The Morgan fingerprint density at radius 1 is 0.909 bits per heavy atom. The zero-order valence-electron chi connectivity index (χ0n) is 37.9. The maximum absolute atomic E-state index is 15.3. The molecule has 1 aromatic heterocycles. The number of ketones is 1. The number of aromatic nitrogens is 2. The molecular weight excluding hydrogens is 882 g/mol. The van der Waals surface area contributed by atoms with Gasteiger partial charge in [-0.25, -0.2) is 14.2 Å². The zero-order valence-corrected chi connectivity index (χ0v) is 39.8. The van der Waals surface area contributed by atoms with Crippen molar-refractivity contribution in [1.29, 1.82) is 0 Å². The van der Waals surface area contributed by atoms with Crippen LogP contribution in [0.1, 0.15) is 61.0 Å². The molecule has 0 saturated carbocycles. The van der Waals surface area contributed by atoms with Crippen LogP contribution in [-0.2, 0) is 32.0 Å². The van der Waals surface area contributed by atoms with Crippen molar-refractivity contribution in [3.8, 4) is 11.5 Å². The average Bonchev–Trinajstić information content (AvgIpc) is 3.71. The highest BCUT2D eigenvalue weighted by Gasteiger charge is 2.52. The van der Waals surface area contributed by atoms with Gasteiger partial charge in [-0.2, -0.15) is 4.98 Å². The predicted molar refractivity (Wildman–Crippen MR) is 253 cm³/mol. The smallest absolute Gasteiger partial charge is 0.476 e. The number of carbonyl (C=O) groups is 2. The number of carbonyl (C=O) groups excluding carboxylic acids is 2. The first-order valence-corrected chi connectivity index (χ1v) is 24.6. The average molecular weight is 938 g/mol. The Labute approximate surface area is 386 Å². The van der Waals surface area contributed by atoms with Crippen molar-refractivity contribution in [2.24, 2.45) is 0 Å². The molecule has 6 rings (SSSR count). The van der Waals surface area contributed by atoms with Crippen molar-refractivity contribution in [3.05, 3.63) is 168 Å². The van der Waals surface area contributed by atoms with E-state index >= 15 is 4.57 Å². The first kappa shape index (κ1) is 49.5. The number of nitrogens with zero attached hydrogens (tertiary/aromatic N) is 2. The topological polar surface area (TPSA) is 172 Å². The Morgan fingerprint density at radius 2 is 1.48 bits per heavy atom. The second kappa shape index (κ2) is 22.0. The molecule has 1 N–H and O–H groups in total. The van der Waals surface area contributed by atoms with Gasteiger partial charge in [0.2, 0.25) is 0 Å². The van der Waals surface area contributed by atoms with E-state index in [0.29, 0.717) is 17.1 Å². The number of Topliss-reactive ketones (excluding diaryl/α,β-unsaturated/α-hetero) is 1. The third-order valence-corrected chi connectivity index (χ3v) is 17.3. The summed E-state index contributed by atoms with van der Waals surface area (Å²) in [5.74, 6) is 0.123. The first-order valence-electron chi connectivity index (χ1n) is 21.2. The van der Waals surface area contributed by atoms with Crippen LogP contribution in [0, 0.1) is 6.92 Å². The fraction of sp³-hybridized carbons (Fsp3) is 0.306. The van der Waals surface area contributed by atoms with Crippen LogP contribution in [0.5, 0.6) is 11.5 Å². The summed E-state index contributed by atoms with van der Waals surface area (Å²) in [6.45, 7) is 14.9. The van der Waals surface area contributed by atoms with Gasteiger partial charge in [-0.05, 0) is 40.0 Å². The molecule has 1 aliphatic heterocycles. The number of aryl methyl sites for hydroxylation is 1. The summed E-state index contributed by atoms with van der Waals surface area (Å²) in [5, 5.41) is 4.05. The third-order valence-electron chi connectivity index (χ3n) is 10.9. The summed E-state index contributed by atoms with van der Waals surface area (Å²) >= 11 is 0. The van der Waals surface area contributed by atoms with Crippen LogP contribution >= 0.6 is 7.82 Å². The molecule has 0 aliphatic carbocycles. The van der Waals surface area contributed by atoms with E-state index < -0.39 is 63.3 Å². The molecule has 0 spiro atoms. The van der Waals surface area contributed by atoms with E-state index in [1.165, 1.54) is 37.1 Å². The van der Waals surface area contributed by atoms with Gasteiger partial charge in [0.15, 0.2) is 11.9 Å². The van der Waals surface area contributed by atoms with Crippen molar-refractivity contribution in [1.82, 2.24) is 9.55 Å². The Morgan fingerprint density at radius 3 is 2.03 bits per heavy atom. The Kier molecular flexibility index (Phi) is 16.5. The number of phosphoric ester groups is 1. The molecule has 15 nitrogen and oxygen atoms in total. The Balaban J connectivity index is 1.43. The highest BCUT2D eigenvalue weighted by Crippen LogP contribution is 2.57. The van der Waals surface area contributed by atoms with E-state index in [4.69, 9.17) is 36.9 Å². The van der Waals surface area contributed by atoms with E-state index in [-0.39, 0.29) is 43.2 Å². The van der Waals surface area contributed by atoms with Crippen LogP contribution in [0.15, 0.2) is 145 Å². The highest BCUT2D eigenvalue weighted by atomic mass is 31.2. The van der Waals surface area contributed by atoms with Gasteiger partial charge >= 0.3 is 19.6 Å². The molecule has 348 valence electrons. The summed E-state index contributed by atoms with van der Waals surface area (Å²) in [6.07, 6.45) is -1.41. The van der Waals surface area contributed by atoms with Crippen molar-refractivity contribution in [2.45, 2.75) is 63.7 Å². The lowest BCUT2D eigenvalue weighted by atomic mass is 9.99. The van der Waals surface area contributed by atoms with Crippen molar-refractivity contribution < 1.29 is 51.1 Å². The monoisotopic (exact) mass is 937 g/mol. The van der Waals surface area contributed by atoms with E-state index in [1.54, 1.807) is 55.5 Å². The third kappa shape index (κ3) is 11.5. The first-order chi connectivity index (χ1) is 31.6. The number of hydrogen-bond acceptors (Lipinski definition) is 13. The number of nitrogens with one attached hydrogen (secondary N) is 1. The molecule has 66 heavy (non-hydrogen) atoms. The number of ether oxygens (including phenoxy) is 4. The number of rotatable bonds is 21. The van der Waals surface area contributed by atoms with Crippen molar-refractivity contribution >= 4 is 44.2 Å². The lowest BCUT2D eigenvalue weighted by Crippen LogP contribution is -2.67. The molecule has 2 heterocycles.